The van der Waals surface area contributed by atoms with Crippen molar-refractivity contribution in [2.24, 2.45) is 7.05 Å². The van der Waals surface area contributed by atoms with Gasteiger partial charge >= 0.3 is 12.3 Å². The molecule has 0 aliphatic heterocycles. The minimum absolute atomic E-state index is 0.0227. The zero-order valence-electron chi connectivity index (χ0n) is 14.4. The van der Waals surface area contributed by atoms with Crippen LogP contribution >= 0.6 is 0 Å². The minimum Gasteiger partial charge on any atom is -0.488 e. The van der Waals surface area contributed by atoms with Crippen molar-refractivity contribution in [3.63, 3.8) is 0 Å². The molecule has 0 radical (unpaired) electrons. The lowest BCUT2D eigenvalue weighted by molar-refractivity contribution is -0.0508. The van der Waals surface area contributed by atoms with Gasteiger partial charge in [-0.25, -0.2) is 13.6 Å². The number of benzene rings is 2. The van der Waals surface area contributed by atoms with Gasteiger partial charge < -0.3 is 9.47 Å². The van der Waals surface area contributed by atoms with Crippen molar-refractivity contribution in [1.29, 1.82) is 0 Å². The van der Waals surface area contributed by atoms with E-state index in [9.17, 15) is 22.4 Å². The van der Waals surface area contributed by atoms with E-state index in [1.165, 1.54) is 49.5 Å². The Morgan fingerprint density at radius 3 is 2.36 bits per heavy atom. The average molecular weight is 398 g/mol. The van der Waals surface area contributed by atoms with Crippen LogP contribution in [0.4, 0.5) is 17.6 Å². The molecular formula is C17H14F4N4O3. The number of hydrogen-bond acceptors (Lipinski definition) is 5. The normalized spacial score (nSPS) is 11.2. The van der Waals surface area contributed by atoms with Gasteiger partial charge in [-0.15, -0.1) is 0 Å². The highest BCUT2D eigenvalue weighted by molar-refractivity contribution is 5.49. The van der Waals surface area contributed by atoms with Crippen LogP contribution in [0.2, 0.25) is 0 Å². The van der Waals surface area contributed by atoms with Gasteiger partial charge in [0, 0.05) is 7.05 Å². The van der Waals surface area contributed by atoms with Crippen LogP contribution in [0.5, 0.6) is 11.5 Å². The van der Waals surface area contributed by atoms with E-state index < -0.39 is 25.3 Å². The van der Waals surface area contributed by atoms with E-state index in [1.54, 1.807) is 0 Å². The van der Waals surface area contributed by atoms with Crippen molar-refractivity contribution in [3.05, 3.63) is 64.1 Å². The molecule has 0 aliphatic rings. The van der Waals surface area contributed by atoms with Gasteiger partial charge in [0.2, 0.25) is 0 Å². The summed E-state index contributed by atoms with van der Waals surface area (Å²) in [5, 5.41) is 7.23. The van der Waals surface area contributed by atoms with Crippen LogP contribution in [-0.4, -0.2) is 26.4 Å². The predicted molar refractivity (Wildman–Crippen MR) is 89.0 cm³/mol. The van der Waals surface area contributed by atoms with E-state index in [2.05, 4.69) is 15.2 Å². The highest BCUT2D eigenvalue weighted by Crippen LogP contribution is 2.32. The molecule has 0 fully saturated rings. The summed E-state index contributed by atoms with van der Waals surface area (Å²) in [5.41, 5.74) is -0.892. The third-order valence-electron chi connectivity index (χ3n) is 3.80. The summed E-state index contributed by atoms with van der Waals surface area (Å²) in [4.78, 5) is 12.1. The standard InChI is InChI=1S/C17H14F4N4O3/c1-24-17(26)25(23-22-24)12-6-4-8-14(28-16(20)21)11(12)9-27-13-7-3-2-5-10(13)15(18)19/h2-8,15-16H,9H2,1H3. The molecule has 0 N–H and O–H groups in total. The molecule has 7 nitrogen and oxygen atoms in total. The Labute approximate surface area is 155 Å². The summed E-state index contributed by atoms with van der Waals surface area (Å²) in [6, 6.07) is 9.48. The third-order valence-corrected chi connectivity index (χ3v) is 3.80. The summed E-state index contributed by atoms with van der Waals surface area (Å²) >= 11 is 0. The maximum Gasteiger partial charge on any atom is 0.387 e. The number of aromatic nitrogens is 4. The molecule has 28 heavy (non-hydrogen) atoms. The summed E-state index contributed by atoms with van der Waals surface area (Å²) < 4.78 is 63.6. The van der Waals surface area contributed by atoms with E-state index >= 15 is 0 Å². The molecule has 0 saturated heterocycles. The zero-order chi connectivity index (χ0) is 20.3. The van der Waals surface area contributed by atoms with Gasteiger partial charge in [-0.1, -0.05) is 18.2 Å². The quantitative estimate of drug-likeness (QED) is 0.572. The number of halogens is 4. The van der Waals surface area contributed by atoms with Crippen LogP contribution in [0, 0.1) is 0 Å². The molecule has 0 spiro atoms. The molecule has 148 valence electrons. The molecule has 0 atom stereocenters. The number of alkyl halides is 4. The van der Waals surface area contributed by atoms with Gasteiger partial charge in [0.05, 0.1) is 16.8 Å². The van der Waals surface area contributed by atoms with E-state index in [0.717, 1.165) is 9.36 Å². The monoisotopic (exact) mass is 398 g/mol. The van der Waals surface area contributed by atoms with Crippen molar-refractivity contribution in [1.82, 2.24) is 19.8 Å². The number of aryl methyl sites for hydroxylation is 1. The molecule has 0 amide bonds. The highest BCUT2D eigenvalue weighted by Gasteiger charge is 2.20. The maximum atomic E-state index is 13.1. The Kier molecular flexibility index (Phi) is 5.62. The number of tetrazole rings is 1. The molecule has 1 heterocycles. The van der Waals surface area contributed by atoms with Crippen molar-refractivity contribution < 1.29 is 27.0 Å². The lowest BCUT2D eigenvalue weighted by Crippen LogP contribution is -2.23. The van der Waals surface area contributed by atoms with E-state index in [4.69, 9.17) is 4.74 Å². The van der Waals surface area contributed by atoms with Gasteiger partial charge in [-0.2, -0.15) is 18.1 Å². The molecule has 3 rings (SSSR count). The number of para-hydroxylation sites is 1. The Hall–Kier alpha value is -3.37. The largest absolute Gasteiger partial charge is 0.488 e. The minimum atomic E-state index is -3.14. The second kappa shape index (κ2) is 8.11. The molecule has 2 aromatic carbocycles. The van der Waals surface area contributed by atoms with Gasteiger partial charge in [-0.3, -0.25) is 0 Å². The molecule has 1 aromatic heterocycles. The summed E-state index contributed by atoms with van der Waals surface area (Å²) in [6.07, 6.45) is -2.79. The summed E-state index contributed by atoms with van der Waals surface area (Å²) in [5.74, 6) is -0.402. The van der Waals surface area contributed by atoms with Crippen LogP contribution in [-0.2, 0) is 13.7 Å². The van der Waals surface area contributed by atoms with Crippen LogP contribution in [0.25, 0.3) is 5.69 Å². The van der Waals surface area contributed by atoms with Gasteiger partial charge in [0.25, 0.3) is 6.43 Å². The molecule has 3 aromatic rings. The second-order valence-electron chi connectivity index (χ2n) is 5.56. The topological polar surface area (TPSA) is 71.2 Å². The number of hydrogen-bond donors (Lipinski definition) is 0. The number of nitrogens with zero attached hydrogens (tertiary/aromatic N) is 4. The van der Waals surface area contributed by atoms with Crippen molar-refractivity contribution >= 4 is 0 Å². The fourth-order valence-corrected chi connectivity index (χ4v) is 2.51. The lowest BCUT2D eigenvalue weighted by Gasteiger charge is -2.16. The first kappa shape index (κ1) is 19.4. The van der Waals surface area contributed by atoms with E-state index in [1.807, 2.05) is 0 Å². The van der Waals surface area contributed by atoms with Gasteiger partial charge in [0.15, 0.2) is 0 Å². The molecule has 0 unspecified atom stereocenters. The van der Waals surface area contributed by atoms with Crippen molar-refractivity contribution in [2.75, 3.05) is 0 Å². The summed E-state index contributed by atoms with van der Waals surface area (Å²) in [7, 11) is 1.36. The first-order valence-electron chi connectivity index (χ1n) is 7.94. The Morgan fingerprint density at radius 1 is 1.00 bits per heavy atom. The fourth-order valence-electron chi connectivity index (χ4n) is 2.51. The second-order valence-corrected chi connectivity index (χ2v) is 5.56. The molecule has 0 bridgehead atoms. The number of ether oxygens (including phenoxy) is 2. The molecule has 11 heteroatoms. The third kappa shape index (κ3) is 3.97. The first-order chi connectivity index (χ1) is 13.4. The van der Waals surface area contributed by atoms with Crippen molar-refractivity contribution in [2.45, 2.75) is 19.6 Å². The highest BCUT2D eigenvalue weighted by atomic mass is 19.3. The first-order valence-corrected chi connectivity index (χ1v) is 7.94. The SMILES string of the molecule is Cn1nnn(-c2cccc(OC(F)F)c2COc2ccccc2C(F)F)c1=O. The Balaban J connectivity index is 2.03. The predicted octanol–water partition coefficient (Wildman–Crippen LogP) is 3.08. The van der Waals surface area contributed by atoms with E-state index in [-0.39, 0.29) is 28.3 Å². The zero-order valence-corrected chi connectivity index (χ0v) is 14.4. The van der Waals surface area contributed by atoms with Crippen LogP contribution in [0.1, 0.15) is 17.6 Å². The van der Waals surface area contributed by atoms with Crippen LogP contribution in [0.15, 0.2) is 47.3 Å². The Morgan fingerprint density at radius 2 is 1.71 bits per heavy atom. The molecule has 0 aliphatic carbocycles. The maximum absolute atomic E-state index is 13.1. The molecule has 0 saturated carbocycles. The smallest absolute Gasteiger partial charge is 0.387 e. The van der Waals surface area contributed by atoms with Crippen LogP contribution < -0.4 is 15.2 Å². The number of rotatable bonds is 7. The average Bonchev–Trinajstić information content (AvgIpc) is 2.99. The van der Waals surface area contributed by atoms with Gasteiger partial charge in [0.1, 0.15) is 18.1 Å². The lowest BCUT2D eigenvalue weighted by atomic mass is 10.1. The van der Waals surface area contributed by atoms with Crippen LogP contribution in [0.3, 0.4) is 0 Å². The fraction of sp³-hybridized carbons (Fsp3) is 0.235. The van der Waals surface area contributed by atoms with Crippen molar-refractivity contribution in [3.8, 4) is 17.2 Å². The van der Waals surface area contributed by atoms with E-state index in [0.29, 0.717) is 0 Å². The summed E-state index contributed by atoms with van der Waals surface area (Å²) in [6.45, 7) is -3.56. The van der Waals surface area contributed by atoms with Gasteiger partial charge in [-0.05, 0) is 34.7 Å². The molecular weight excluding hydrogens is 384 g/mol. The Bertz CT molecular complexity index is 1020.